The highest BCUT2D eigenvalue weighted by Gasteiger charge is 2.31. The molecule has 5 heteroatoms. The third kappa shape index (κ3) is 3.76. The predicted molar refractivity (Wildman–Crippen MR) is 63.2 cm³/mol. The minimum atomic E-state index is -3.15. The van der Waals surface area contributed by atoms with Crippen LogP contribution in [0.2, 0.25) is 0 Å². The summed E-state index contributed by atoms with van der Waals surface area (Å²) in [5.74, 6) is 0.207. The SMILES string of the molecule is CC(C)(C)CS(=O)(=O)N1CCC(C#N)CC1. The van der Waals surface area contributed by atoms with Crippen molar-refractivity contribution in [2.24, 2.45) is 11.3 Å². The fourth-order valence-corrected chi connectivity index (χ4v) is 3.95. The summed E-state index contributed by atoms with van der Waals surface area (Å²) < 4.78 is 25.6. The lowest BCUT2D eigenvalue weighted by Gasteiger charge is -2.30. The topological polar surface area (TPSA) is 61.2 Å². The Morgan fingerprint density at radius 3 is 2.19 bits per heavy atom. The smallest absolute Gasteiger partial charge is 0.212 e. The molecule has 0 N–H and O–H groups in total. The van der Waals surface area contributed by atoms with E-state index < -0.39 is 10.0 Å². The van der Waals surface area contributed by atoms with Crippen molar-refractivity contribution in [2.75, 3.05) is 18.8 Å². The van der Waals surface area contributed by atoms with Gasteiger partial charge in [0, 0.05) is 19.0 Å². The van der Waals surface area contributed by atoms with Crippen molar-refractivity contribution < 1.29 is 8.42 Å². The number of piperidine rings is 1. The van der Waals surface area contributed by atoms with E-state index in [9.17, 15) is 8.42 Å². The Kier molecular flexibility index (Phi) is 3.97. The van der Waals surface area contributed by atoms with Crippen molar-refractivity contribution in [1.29, 1.82) is 5.26 Å². The van der Waals surface area contributed by atoms with E-state index in [1.54, 1.807) is 0 Å². The summed E-state index contributed by atoms with van der Waals surface area (Å²) in [7, 11) is -3.15. The standard InChI is InChI=1S/C11H20N2O2S/c1-11(2,3)9-16(14,15)13-6-4-10(8-12)5-7-13/h10H,4-7,9H2,1-3H3. The van der Waals surface area contributed by atoms with Crippen LogP contribution in [0.5, 0.6) is 0 Å². The van der Waals surface area contributed by atoms with Crippen molar-refractivity contribution in [1.82, 2.24) is 4.31 Å². The average Bonchev–Trinajstić information content (AvgIpc) is 2.14. The van der Waals surface area contributed by atoms with Crippen LogP contribution in [0.3, 0.4) is 0 Å². The van der Waals surface area contributed by atoms with E-state index in [2.05, 4.69) is 6.07 Å². The Bertz CT molecular complexity index is 368. The van der Waals surface area contributed by atoms with E-state index in [4.69, 9.17) is 5.26 Å². The Labute approximate surface area is 98.3 Å². The van der Waals surface area contributed by atoms with E-state index in [1.807, 2.05) is 20.8 Å². The fourth-order valence-electron chi connectivity index (χ4n) is 1.90. The zero-order valence-electron chi connectivity index (χ0n) is 10.2. The molecule has 0 amide bonds. The van der Waals surface area contributed by atoms with Crippen molar-refractivity contribution in [3.05, 3.63) is 0 Å². The first-order chi connectivity index (χ1) is 7.24. The summed E-state index contributed by atoms with van der Waals surface area (Å²) in [4.78, 5) is 0. The number of sulfonamides is 1. The lowest BCUT2D eigenvalue weighted by Crippen LogP contribution is -2.41. The van der Waals surface area contributed by atoms with Crippen LogP contribution < -0.4 is 0 Å². The summed E-state index contributed by atoms with van der Waals surface area (Å²) in [5.41, 5.74) is -0.217. The lowest BCUT2D eigenvalue weighted by atomic mass is 10.0. The highest BCUT2D eigenvalue weighted by atomic mass is 32.2. The minimum absolute atomic E-state index is 0.0288. The molecule has 1 aliphatic rings. The molecule has 0 atom stereocenters. The first-order valence-corrected chi connectivity index (χ1v) is 7.23. The van der Waals surface area contributed by atoms with Crippen LogP contribution in [0.4, 0.5) is 0 Å². The van der Waals surface area contributed by atoms with Crippen LogP contribution in [0.1, 0.15) is 33.6 Å². The summed E-state index contributed by atoms with van der Waals surface area (Å²) in [6.45, 7) is 6.76. The van der Waals surface area contributed by atoms with Crippen LogP contribution in [-0.4, -0.2) is 31.6 Å². The molecular formula is C11H20N2O2S. The lowest BCUT2D eigenvalue weighted by molar-refractivity contribution is 0.304. The van der Waals surface area contributed by atoms with Crippen molar-refractivity contribution in [3.63, 3.8) is 0 Å². The van der Waals surface area contributed by atoms with Gasteiger partial charge in [-0.15, -0.1) is 0 Å². The first kappa shape index (κ1) is 13.5. The molecule has 1 fully saturated rings. The maximum Gasteiger partial charge on any atom is 0.214 e. The monoisotopic (exact) mass is 244 g/mol. The van der Waals surface area contributed by atoms with Gasteiger partial charge in [0.1, 0.15) is 0 Å². The van der Waals surface area contributed by atoms with Crippen LogP contribution in [0.15, 0.2) is 0 Å². The molecule has 0 aliphatic carbocycles. The van der Waals surface area contributed by atoms with E-state index in [0.29, 0.717) is 25.9 Å². The maximum absolute atomic E-state index is 12.0. The third-order valence-electron chi connectivity index (χ3n) is 2.65. The van der Waals surface area contributed by atoms with Gasteiger partial charge in [0.2, 0.25) is 10.0 Å². The van der Waals surface area contributed by atoms with E-state index in [1.165, 1.54) is 4.31 Å². The van der Waals surface area contributed by atoms with Gasteiger partial charge in [-0.1, -0.05) is 20.8 Å². The van der Waals surface area contributed by atoms with Crippen molar-refractivity contribution in [3.8, 4) is 6.07 Å². The molecule has 0 bridgehead atoms. The maximum atomic E-state index is 12.0. The van der Waals surface area contributed by atoms with E-state index in [0.717, 1.165) is 0 Å². The van der Waals surface area contributed by atoms with Gasteiger partial charge in [0.25, 0.3) is 0 Å². The van der Waals surface area contributed by atoms with Gasteiger partial charge in [-0.25, -0.2) is 12.7 Å². The van der Waals surface area contributed by atoms with Gasteiger partial charge in [0.15, 0.2) is 0 Å². The number of nitrogens with zero attached hydrogens (tertiary/aromatic N) is 2. The van der Waals surface area contributed by atoms with Gasteiger partial charge >= 0.3 is 0 Å². The van der Waals surface area contributed by atoms with Gasteiger partial charge in [-0.2, -0.15) is 5.26 Å². The van der Waals surface area contributed by atoms with Crippen LogP contribution >= 0.6 is 0 Å². The van der Waals surface area contributed by atoms with Crippen LogP contribution in [0, 0.1) is 22.7 Å². The molecule has 0 radical (unpaired) electrons. The number of hydrogen-bond donors (Lipinski definition) is 0. The molecule has 4 nitrogen and oxygen atoms in total. The largest absolute Gasteiger partial charge is 0.214 e. The van der Waals surface area contributed by atoms with Crippen LogP contribution in [-0.2, 0) is 10.0 Å². The van der Waals surface area contributed by atoms with E-state index >= 15 is 0 Å². The predicted octanol–water partition coefficient (Wildman–Crippen LogP) is 1.60. The second-order valence-corrected chi connectivity index (χ2v) is 7.59. The van der Waals surface area contributed by atoms with Crippen LogP contribution in [0.25, 0.3) is 0 Å². The van der Waals surface area contributed by atoms with Gasteiger partial charge < -0.3 is 0 Å². The van der Waals surface area contributed by atoms with Gasteiger partial charge in [0.05, 0.1) is 11.8 Å². The summed E-state index contributed by atoms with van der Waals surface area (Å²) in [6, 6.07) is 2.20. The summed E-state index contributed by atoms with van der Waals surface area (Å²) in [5, 5.41) is 8.75. The second-order valence-electron chi connectivity index (χ2n) is 5.62. The molecular weight excluding hydrogens is 224 g/mol. The van der Waals surface area contributed by atoms with Crippen molar-refractivity contribution >= 4 is 10.0 Å². The molecule has 1 rings (SSSR count). The molecule has 0 saturated carbocycles. The summed E-state index contributed by atoms with van der Waals surface area (Å²) in [6.07, 6.45) is 1.33. The zero-order valence-corrected chi connectivity index (χ0v) is 11.0. The second kappa shape index (κ2) is 4.72. The Hall–Kier alpha value is -0.600. The Balaban J connectivity index is 2.63. The molecule has 16 heavy (non-hydrogen) atoms. The molecule has 1 saturated heterocycles. The Morgan fingerprint density at radius 2 is 1.81 bits per heavy atom. The summed E-state index contributed by atoms with van der Waals surface area (Å²) >= 11 is 0. The average molecular weight is 244 g/mol. The number of nitriles is 1. The van der Waals surface area contributed by atoms with E-state index in [-0.39, 0.29) is 17.1 Å². The molecule has 0 aromatic carbocycles. The Morgan fingerprint density at radius 1 is 1.31 bits per heavy atom. The number of rotatable bonds is 2. The molecule has 1 aliphatic heterocycles. The number of hydrogen-bond acceptors (Lipinski definition) is 3. The van der Waals surface area contributed by atoms with Gasteiger partial charge in [-0.05, 0) is 18.3 Å². The molecule has 92 valence electrons. The first-order valence-electron chi connectivity index (χ1n) is 5.62. The normalized spacial score (nSPS) is 20.6. The molecule has 0 aromatic heterocycles. The zero-order chi connectivity index (χ0) is 12.4. The van der Waals surface area contributed by atoms with Crippen molar-refractivity contribution in [2.45, 2.75) is 33.6 Å². The highest BCUT2D eigenvalue weighted by Crippen LogP contribution is 2.23. The molecule has 0 unspecified atom stereocenters. The highest BCUT2D eigenvalue weighted by molar-refractivity contribution is 7.89. The fraction of sp³-hybridized carbons (Fsp3) is 0.909. The molecule has 0 aromatic rings. The third-order valence-corrected chi connectivity index (χ3v) is 5.03. The molecule has 0 spiro atoms. The minimum Gasteiger partial charge on any atom is -0.212 e. The van der Waals surface area contributed by atoms with Gasteiger partial charge in [-0.3, -0.25) is 0 Å². The molecule has 1 heterocycles. The quantitative estimate of drug-likeness (QED) is 0.741.